The van der Waals surface area contributed by atoms with Crippen molar-refractivity contribution >= 4 is 17.7 Å². The summed E-state index contributed by atoms with van der Waals surface area (Å²) in [7, 11) is 0. The third kappa shape index (κ3) is 4.10. The smallest absolute Gasteiger partial charge is 0.233 e. The van der Waals surface area contributed by atoms with Gasteiger partial charge in [0, 0.05) is 19.3 Å². The van der Waals surface area contributed by atoms with Crippen LogP contribution in [0.25, 0.3) is 11.5 Å². The maximum Gasteiger partial charge on any atom is 0.233 e. The second-order valence-electron chi connectivity index (χ2n) is 6.22. The first-order valence-electron chi connectivity index (χ1n) is 7.86. The van der Waals surface area contributed by atoms with Gasteiger partial charge in [0.25, 0.3) is 0 Å². The standard InChI is InChI=1S/C16H21N5OS/c1-11-7-12(2)9-21(8-11)14(22)10-23-16-18-15(19-20-16)13-5-3-4-6-17-13/h3-6,11-12H,7-10H2,1-2H3,(H,18,19,20). The van der Waals surface area contributed by atoms with Crippen molar-refractivity contribution in [2.24, 2.45) is 11.8 Å². The van der Waals surface area contributed by atoms with E-state index < -0.39 is 0 Å². The molecule has 1 aliphatic rings. The molecule has 23 heavy (non-hydrogen) atoms. The van der Waals surface area contributed by atoms with Gasteiger partial charge in [-0.15, -0.1) is 5.10 Å². The molecule has 1 fully saturated rings. The number of likely N-dealkylation sites (tertiary alicyclic amines) is 1. The lowest BCUT2D eigenvalue weighted by atomic mass is 9.92. The second-order valence-corrected chi connectivity index (χ2v) is 7.16. The van der Waals surface area contributed by atoms with Crippen molar-refractivity contribution in [2.75, 3.05) is 18.8 Å². The van der Waals surface area contributed by atoms with Gasteiger partial charge in [-0.1, -0.05) is 31.7 Å². The van der Waals surface area contributed by atoms with E-state index in [1.165, 1.54) is 18.2 Å². The molecule has 1 aliphatic heterocycles. The van der Waals surface area contributed by atoms with Crippen LogP contribution >= 0.6 is 11.8 Å². The van der Waals surface area contributed by atoms with Crippen molar-refractivity contribution in [3.8, 4) is 11.5 Å². The van der Waals surface area contributed by atoms with Crippen LogP contribution in [0.3, 0.4) is 0 Å². The third-order valence-corrected chi connectivity index (χ3v) is 4.75. The number of H-pyrrole nitrogens is 1. The zero-order valence-corrected chi connectivity index (χ0v) is 14.2. The molecule has 0 aromatic carbocycles. The first-order chi connectivity index (χ1) is 11.1. The number of aromatic amines is 1. The molecule has 1 amide bonds. The molecule has 6 nitrogen and oxygen atoms in total. The van der Waals surface area contributed by atoms with Gasteiger partial charge in [-0.05, 0) is 30.4 Å². The summed E-state index contributed by atoms with van der Waals surface area (Å²) >= 11 is 1.37. The number of rotatable bonds is 4. The van der Waals surface area contributed by atoms with Crippen LogP contribution in [0.1, 0.15) is 20.3 Å². The van der Waals surface area contributed by atoms with Crippen molar-refractivity contribution in [1.82, 2.24) is 25.1 Å². The monoisotopic (exact) mass is 331 g/mol. The van der Waals surface area contributed by atoms with Crippen LogP contribution in [0, 0.1) is 11.8 Å². The molecule has 1 N–H and O–H groups in total. The van der Waals surface area contributed by atoms with Crippen LogP contribution < -0.4 is 0 Å². The van der Waals surface area contributed by atoms with Crippen LogP contribution in [0.4, 0.5) is 0 Å². The van der Waals surface area contributed by atoms with E-state index >= 15 is 0 Å². The summed E-state index contributed by atoms with van der Waals surface area (Å²) in [5.41, 5.74) is 0.747. The van der Waals surface area contributed by atoms with Crippen LogP contribution in [0.5, 0.6) is 0 Å². The zero-order valence-electron chi connectivity index (χ0n) is 13.4. The number of nitrogens with one attached hydrogen (secondary N) is 1. The van der Waals surface area contributed by atoms with Crippen molar-refractivity contribution < 1.29 is 4.79 Å². The van der Waals surface area contributed by atoms with Gasteiger partial charge >= 0.3 is 0 Å². The lowest BCUT2D eigenvalue weighted by Gasteiger charge is -2.34. The predicted octanol–water partition coefficient (Wildman–Crippen LogP) is 2.46. The van der Waals surface area contributed by atoms with Gasteiger partial charge in [0.15, 0.2) is 5.82 Å². The highest BCUT2D eigenvalue weighted by Gasteiger charge is 2.25. The quantitative estimate of drug-likeness (QED) is 0.871. The third-order valence-electron chi connectivity index (χ3n) is 3.92. The van der Waals surface area contributed by atoms with Gasteiger partial charge in [0.1, 0.15) is 5.69 Å². The number of nitrogens with zero attached hydrogens (tertiary/aromatic N) is 4. The Labute approximate surface area is 140 Å². The summed E-state index contributed by atoms with van der Waals surface area (Å²) in [6.07, 6.45) is 2.91. The Bertz CT molecular complexity index is 650. The SMILES string of the molecule is CC1CC(C)CN(C(=O)CSc2n[nH]c(-c3ccccn3)n2)C1. The van der Waals surface area contributed by atoms with E-state index in [0.717, 1.165) is 18.8 Å². The van der Waals surface area contributed by atoms with E-state index in [1.807, 2.05) is 23.1 Å². The number of thioether (sulfide) groups is 1. The Balaban J connectivity index is 1.56. The highest BCUT2D eigenvalue weighted by molar-refractivity contribution is 7.99. The number of hydrogen-bond acceptors (Lipinski definition) is 5. The predicted molar refractivity (Wildman–Crippen MR) is 89.9 cm³/mol. The van der Waals surface area contributed by atoms with Gasteiger partial charge in [0.2, 0.25) is 11.1 Å². The summed E-state index contributed by atoms with van der Waals surface area (Å²) in [6, 6.07) is 5.63. The van der Waals surface area contributed by atoms with Crippen LogP contribution in [-0.2, 0) is 4.79 Å². The average Bonchev–Trinajstić information content (AvgIpc) is 3.01. The highest BCUT2D eigenvalue weighted by atomic mass is 32.2. The van der Waals surface area contributed by atoms with Gasteiger partial charge in [-0.3, -0.25) is 14.9 Å². The van der Waals surface area contributed by atoms with E-state index in [4.69, 9.17) is 0 Å². The van der Waals surface area contributed by atoms with Gasteiger partial charge in [-0.2, -0.15) is 4.98 Å². The Kier molecular flexibility index (Phi) is 4.95. The summed E-state index contributed by atoms with van der Waals surface area (Å²) < 4.78 is 0. The molecule has 1 saturated heterocycles. The first kappa shape index (κ1) is 16.0. The summed E-state index contributed by atoms with van der Waals surface area (Å²) in [5.74, 6) is 2.32. The molecule has 0 radical (unpaired) electrons. The Morgan fingerprint density at radius 3 is 2.83 bits per heavy atom. The number of carbonyl (C=O) groups excluding carboxylic acids is 1. The first-order valence-corrected chi connectivity index (χ1v) is 8.84. The number of carbonyl (C=O) groups is 1. The molecule has 3 rings (SSSR count). The maximum atomic E-state index is 12.4. The minimum Gasteiger partial charge on any atom is -0.341 e. The fourth-order valence-electron chi connectivity index (χ4n) is 3.01. The minimum absolute atomic E-state index is 0.164. The largest absolute Gasteiger partial charge is 0.341 e. The number of amides is 1. The molecule has 2 aromatic rings. The fraction of sp³-hybridized carbons (Fsp3) is 0.500. The molecule has 122 valence electrons. The molecule has 0 spiro atoms. The van der Waals surface area contributed by atoms with Crippen LogP contribution in [0.15, 0.2) is 29.6 Å². The van der Waals surface area contributed by atoms with Gasteiger partial charge in [0.05, 0.1) is 5.75 Å². The van der Waals surface area contributed by atoms with E-state index in [9.17, 15) is 4.79 Å². The molecular formula is C16H21N5OS. The summed E-state index contributed by atoms with van der Waals surface area (Å²) in [5, 5.41) is 7.61. The number of piperidine rings is 1. The molecule has 7 heteroatoms. The molecular weight excluding hydrogens is 310 g/mol. The molecule has 0 bridgehead atoms. The molecule has 2 atom stereocenters. The van der Waals surface area contributed by atoms with E-state index in [-0.39, 0.29) is 5.91 Å². The molecule has 0 aliphatic carbocycles. The van der Waals surface area contributed by atoms with Gasteiger partial charge < -0.3 is 4.90 Å². The Hall–Kier alpha value is -1.89. The number of hydrogen-bond donors (Lipinski definition) is 1. The molecule has 3 heterocycles. The zero-order chi connectivity index (χ0) is 16.2. The van der Waals surface area contributed by atoms with Crippen LogP contribution in [0.2, 0.25) is 0 Å². The fourth-order valence-corrected chi connectivity index (χ4v) is 3.71. The summed E-state index contributed by atoms with van der Waals surface area (Å²) in [4.78, 5) is 23.0. The van der Waals surface area contributed by atoms with Crippen LogP contribution in [-0.4, -0.2) is 49.8 Å². The topological polar surface area (TPSA) is 74.8 Å². The number of aromatic nitrogens is 4. The minimum atomic E-state index is 0.164. The molecule has 2 aromatic heterocycles. The Morgan fingerprint density at radius 2 is 2.13 bits per heavy atom. The second kappa shape index (κ2) is 7.12. The van der Waals surface area contributed by atoms with E-state index in [0.29, 0.717) is 28.6 Å². The van der Waals surface area contributed by atoms with Crippen molar-refractivity contribution in [3.05, 3.63) is 24.4 Å². The molecule has 0 saturated carbocycles. The van der Waals surface area contributed by atoms with Crippen molar-refractivity contribution in [1.29, 1.82) is 0 Å². The van der Waals surface area contributed by atoms with Gasteiger partial charge in [-0.25, -0.2) is 0 Å². The maximum absolute atomic E-state index is 12.4. The highest BCUT2D eigenvalue weighted by Crippen LogP contribution is 2.23. The lowest BCUT2D eigenvalue weighted by molar-refractivity contribution is -0.130. The van der Waals surface area contributed by atoms with E-state index in [2.05, 4.69) is 34.0 Å². The summed E-state index contributed by atoms with van der Waals surface area (Å²) in [6.45, 7) is 6.13. The number of pyridine rings is 1. The Morgan fingerprint density at radius 1 is 1.35 bits per heavy atom. The molecule has 2 unspecified atom stereocenters. The van der Waals surface area contributed by atoms with E-state index in [1.54, 1.807) is 6.20 Å². The normalized spacial score (nSPS) is 21.4. The average molecular weight is 331 g/mol. The lowest BCUT2D eigenvalue weighted by Crippen LogP contribution is -2.43. The van der Waals surface area contributed by atoms with Crippen molar-refractivity contribution in [2.45, 2.75) is 25.4 Å². The van der Waals surface area contributed by atoms with Crippen molar-refractivity contribution in [3.63, 3.8) is 0 Å².